The van der Waals surface area contributed by atoms with Gasteiger partial charge in [0.15, 0.2) is 22.8 Å². The van der Waals surface area contributed by atoms with Crippen LogP contribution in [-0.4, -0.2) is 220 Å². The summed E-state index contributed by atoms with van der Waals surface area (Å²) in [4.78, 5) is 131. The van der Waals surface area contributed by atoms with Crippen molar-refractivity contribution in [3.8, 4) is 11.8 Å². The number of ether oxygens (including phenoxy) is 6. The molecule has 8 fully saturated rings. The molecule has 2 N–H and O–H groups in total. The van der Waals surface area contributed by atoms with Crippen molar-refractivity contribution in [3.05, 3.63) is 85.2 Å². The van der Waals surface area contributed by atoms with Crippen LogP contribution >= 0.6 is 0 Å². The van der Waals surface area contributed by atoms with Crippen molar-refractivity contribution in [1.29, 1.82) is 0 Å². The lowest BCUT2D eigenvalue weighted by atomic mass is 9.82. The van der Waals surface area contributed by atoms with Crippen LogP contribution in [0.25, 0.3) is 21.5 Å². The molecule has 0 radical (unpaired) electrons. The molecule has 4 aromatic rings. The van der Waals surface area contributed by atoms with E-state index in [0.29, 0.717) is 116 Å². The Morgan fingerprint density at radius 2 is 0.871 bits per heavy atom. The molecule has 0 unspecified atom stereocenters. The maximum atomic E-state index is 15.0. The van der Waals surface area contributed by atoms with E-state index < -0.39 is 209 Å². The molecule has 4 saturated carbocycles. The second kappa shape index (κ2) is 36.3. The minimum Gasteiger partial charge on any atom is -0.472 e. The van der Waals surface area contributed by atoms with Crippen LogP contribution in [0.1, 0.15) is 185 Å². The Labute approximate surface area is 721 Å². The Bertz CT molecular complexity index is 4680. The van der Waals surface area contributed by atoms with Crippen LogP contribution in [0.15, 0.2) is 85.2 Å². The molecule has 6 aliphatic heterocycles. The van der Waals surface area contributed by atoms with Gasteiger partial charge in [0.05, 0.1) is 111 Å². The molecule has 14 rings (SSSR count). The first-order valence-electron chi connectivity index (χ1n) is 43.6. The number of carbonyl (C=O) groups excluding carboxylic acids is 8. The summed E-state index contributed by atoms with van der Waals surface area (Å²) in [5.41, 5.74) is -5.46. The van der Waals surface area contributed by atoms with Crippen molar-refractivity contribution in [2.75, 3.05) is 88.8 Å². The number of pyridine rings is 2. The minimum atomic E-state index is -4.40. The van der Waals surface area contributed by atoms with Gasteiger partial charge in [-0.3, -0.25) is 47.8 Å². The van der Waals surface area contributed by atoms with Gasteiger partial charge in [0.1, 0.15) is 35.1 Å². The zero-order valence-electron chi connectivity index (χ0n) is 72.3. The van der Waals surface area contributed by atoms with E-state index in [1.807, 2.05) is 101 Å². The lowest BCUT2D eigenvalue weighted by Crippen LogP contribution is -2.49. The molecular formula is C90H118F6N8O18S2. The lowest BCUT2D eigenvalue weighted by Gasteiger charge is -2.34. The Balaban J connectivity index is 0.000000213. The van der Waals surface area contributed by atoms with Gasteiger partial charge in [-0.15, -0.1) is 0 Å². The van der Waals surface area contributed by atoms with Crippen molar-refractivity contribution >= 4 is 100 Å². The number of halogens is 6. The van der Waals surface area contributed by atoms with Crippen molar-refractivity contribution in [1.82, 2.24) is 29.2 Å². The topological polar surface area (TPSA) is 323 Å². The number of rotatable bonds is 22. The van der Waals surface area contributed by atoms with Crippen LogP contribution < -0.4 is 28.7 Å². The summed E-state index contributed by atoms with van der Waals surface area (Å²) in [5.74, 6) is -16.0. The van der Waals surface area contributed by atoms with Crippen LogP contribution in [0.5, 0.6) is 11.8 Å². The van der Waals surface area contributed by atoms with Gasteiger partial charge in [-0.05, 0) is 152 Å². The standard InChI is InChI=1S/2C45H59F3N4O9S/c2*1-28-10-6-7-11-30-23-45(30,41(56)50-62(57,58)44(27-46)14-15-44)24-37(53)35-21-31(60-39-33-13-9-8-12-32(33)36(25-49-39)51-16-18-59-19-17-51)26-52(35)40(55)34(29(2)20-28)22-38(54)61-42(3,4)43(5,47)48/h2*7-9,11-13,25,28-31,34-35H,6,10,14-24,26-27H2,1-5H3,(H,50,56)/b2*11-7-/t28-,29+,30+,31+,34-,35-,45+;28-,29-,30-,31-,34+,35+,45-/m01/s1. The van der Waals surface area contributed by atoms with Crippen LogP contribution in [0.4, 0.5) is 37.7 Å². The number of aromatic nitrogens is 2. The van der Waals surface area contributed by atoms with Gasteiger partial charge in [0, 0.05) is 87.3 Å². The molecule has 4 saturated heterocycles. The van der Waals surface area contributed by atoms with Gasteiger partial charge in [-0.1, -0.05) is 88.4 Å². The number of amides is 4. The molecule has 2 aromatic heterocycles. The molecule has 0 spiro atoms. The molecule has 0 bridgehead atoms. The van der Waals surface area contributed by atoms with E-state index in [9.17, 15) is 71.9 Å². The number of fused-ring (bicyclic) bond motifs is 6. The number of Topliss-reactive ketones (excluding diaryl/α,β-unsaturated/α-hetero) is 2. The average Bonchev–Trinajstić information content (AvgIpc) is 1.56. The van der Waals surface area contributed by atoms with Crippen LogP contribution in [0, 0.1) is 58.2 Å². The molecule has 14 atom stereocenters. The van der Waals surface area contributed by atoms with E-state index in [2.05, 4.69) is 19.2 Å². The highest BCUT2D eigenvalue weighted by atomic mass is 32.2. The fourth-order valence-electron chi connectivity index (χ4n) is 18.6. The summed E-state index contributed by atoms with van der Waals surface area (Å²) in [7, 11) is -8.79. The number of morpholine rings is 2. The largest absolute Gasteiger partial charge is 0.472 e. The minimum absolute atomic E-state index is 0.00962. The van der Waals surface area contributed by atoms with Crippen LogP contribution in [0.2, 0.25) is 0 Å². The highest BCUT2D eigenvalue weighted by Gasteiger charge is 2.66. The quantitative estimate of drug-likeness (QED) is 0.0419. The number of hydrogen-bond acceptors (Lipinski definition) is 22. The molecule has 34 heteroatoms. The van der Waals surface area contributed by atoms with Gasteiger partial charge in [-0.25, -0.2) is 53.1 Å². The molecule has 26 nitrogen and oxygen atoms in total. The first-order chi connectivity index (χ1) is 58.4. The number of nitrogens with zero attached hydrogens (tertiary/aromatic N) is 6. The van der Waals surface area contributed by atoms with Gasteiger partial charge >= 0.3 is 11.9 Å². The predicted molar refractivity (Wildman–Crippen MR) is 449 cm³/mol. The van der Waals surface area contributed by atoms with E-state index in [-0.39, 0.29) is 88.1 Å². The monoisotopic (exact) mass is 1780 g/mol. The summed E-state index contributed by atoms with van der Waals surface area (Å²) >= 11 is 0. The fraction of sp³-hybridized carbons (Fsp3) is 0.667. The van der Waals surface area contributed by atoms with Crippen molar-refractivity contribution in [2.24, 2.45) is 58.2 Å². The van der Waals surface area contributed by atoms with E-state index >= 15 is 9.59 Å². The number of allylic oxidation sites excluding steroid dienone is 4. The maximum Gasteiger partial charge on any atom is 0.307 e. The third-order valence-corrected chi connectivity index (χ3v) is 32.2. The molecule has 10 aliphatic rings. The van der Waals surface area contributed by atoms with Gasteiger partial charge in [-0.2, -0.15) is 0 Å². The normalized spacial score (nSPS) is 30.1. The summed E-state index contributed by atoms with van der Waals surface area (Å²) in [5, 5.41) is 3.20. The average molecular weight is 1780 g/mol. The molecule has 2 aromatic carbocycles. The number of alkyl halides is 6. The van der Waals surface area contributed by atoms with Gasteiger partial charge in [0.25, 0.3) is 11.8 Å². The summed E-state index contributed by atoms with van der Waals surface area (Å²) in [6, 6.07) is 12.9. The van der Waals surface area contributed by atoms with Gasteiger partial charge in [0.2, 0.25) is 55.4 Å². The second-order valence-corrected chi connectivity index (χ2v) is 42.0. The first kappa shape index (κ1) is 93.1. The molecule has 4 aliphatic carbocycles. The van der Waals surface area contributed by atoms with E-state index in [4.69, 9.17) is 38.4 Å². The molecular weight excluding hydrogens is 1660 g/mol. The van der Waals surface area contributed by atoms with Gasteiger partial charge < -0.3 is 48.0 Å². The number of hydrogen-bond donors (Lipinski definition) is 2. The number of anilines is 2. The van der Waals surface area contributed by atoms with Crippen LogP contribution in [0.3, 0.4) is 0 Å². The lowest BCUT2D eigenvalue weighted by molar-refractivity contribution is -0.197. The van der Waals surface area contributed by atoms with E-state index in [1.54, 1.807) is 12.4 Å². The number of benzene rings is 2. The molecule has 4 amide bonds. The first-order valence-corrected chi connectivity index (χ1v) is 46.6. The third-order valence-electron chi connectivity index (χ3n) is 28.0. The van der Waals surface area contributed by atoms with Crippen molar-refractivity contribution in [3.63, 3.8) is 0 Å². The summed E-state index contributed by atoms with van der Waals surface area (Å²) < 4.78 is 175. The number of sulfonamides is 2. The van der Waals surface area contributed by atoms with E-state index in [0.717, 1.165) is 49.8 Å². The SMILES string of the molecule is C[C@@H]1CC/C=C\[C@@H]2C[C@@]2(C(=O)NS(=O)(=O)C2(CF)CC2)CC(=O)[C@@H]2C[C@@H](Oc3ncc(N4CCOCC4)c4ccccc34)CN2C(=O)[C@@H](CC(=O)OC(C)(C)C(C)(F)F)[C@H](C)C1.C[C@H]1CC/C=C\[C@@H]2C[C@@]2(C(=O)NS(=O)(=O)C2(CF)CC2)CC(=O)[C@@H]2C[C@@H](Oc3ncc(N4CCOCC4)c4ccccc34)CN2C(=O)[C@@H](CC(=O)OC(C)(C)C(C)(F)F)[C@H](C)C1. The predicted octanol–water partition coefficient (Wildman–Crippen LogP) is 12.7. The maximum absolute atomic E-state index is 15.0. The molecule has 124 heavy (non-hydrogen) atoms. The van der Waals surface area contributed by atoms with Crippen molar-refractivity contribution in [2.45, 2.75) is 242 Å². The zero-order chi connectivity index (χ0) is 89.7. The second-order valence-electron chi connectivity index (χ2n) is 37.9. The number of esters is 2. The number of nitrogens with one attached hydrogen (secondary N) is 2. The fourth-order valence-corrected chi connectivity index (χ4v) is 21.5. The number of ketones is 2. The smallest absolute Gasteiger partial charge is 0.307 e. The third kappa shape index (κ3) is 19.8. The Morgan fingerprint density at radius 1 is 0.524 bits per heavy atom. The molecule has 680 valence electrons. The van der Waals surface area contributed by atoms with E-state index in [1.165, 1.54) is 9.80 Å². The zero-order valence-corrected chi connectivity index (χ0v) is 74.0. The Morgan fingerprint density at radius 3 is 1.20 bits per heavy atom. The Hall–Kier alpha value is -8.50. The molecule has 8 heterocycles. The van der Waals surface area contributed by atoms with Crippen molar-refractivity contribution < 1.29 is 110 Å². The Kier molecular flexibility index (Phi) is 27.3. The highest BCUT2D eigenvalue weighted by molar-refractivity contribution is 7.92. The highest BCUT2D eigenvalue weighted by Crippen LogP contribution is 2.60. The van der Waals surface area contributed by atoms with Crippen LogP contribution in [-0.2, 0) is 77.4 Å². The number of carbonyl (C=O) groups is 8. The summed E-state index contributed by atoms with van der Waals surface area (Å²) in [6.07, 6.45) is 11.6. The summed E-state index contributed by atoms with van der Waals surface area (Å²) in [6.45, 7) is 15.9.